The molecule has 5 nitrogen and oxygen atoms in total. The summed E-state index contributed by atoms with van der Waals surface area (Å²) in [5, 5.41) is 23.0. The number of anilines is 1. The molecule has 0 aliphatic heterocycles. The van der Waals surface area contributed by atoms with E-state index in [2.05, 4.69) is 5.32 Å². The minimum absolute atomic E-state index is 0.0620. The highest BCUT2D eigenvalue weighted by Gasteiger charge is 2.16. The van der Waals surface area contributed by atoms with Gasteiger partial charge in [0.25, 0.3) is 5.91 Å². The minimum atomic E-state index is -1.16. The molecule has 0 atom stereocenters. The Morgan fingerprint density at radius 2 is 1.61 bits per heavy atom. The Kier molecular flexibility index (Phi) is 3.68. The molecule has 5 heteroatoms. The Morgan fingerprint density at radius 3 is 2.35 bits per heavy atom. The van der Waals surface area contributed by atoms with Crippen LogP contribution in [0, 0.1) is 0 Å². The first kappa shape index (κ1) is 14.6. The number of carbonyl (C=O) groups excluding carboxylic acids is 1. The maximum atomic E-state index is 12.4. The van der Waals surface area contributed by atoms with E-state index in [-0.39, 0.29) is 16.9 Å². The summed E-state index contributed by atoms with van der Waals surface area (Å²) < 4.78 is 0. The van der Waals surface area contributed by atoms with Crippen molar-refractivity contribution in [2.75, 3.05) is 5.32 Å². The molecule has 0 aliphatic rings. The van der Waals surface area contributed by atoms with Crippen LogP contribution in [0.3, 0.4) is 0 Å². The lowest BCUT2D eigenvalue weighted by atomic mass is 10.1. The second kappa shape index (κ2) is 5.81. The number of phenolic OH excluding ortho intramolecular Hbond substituents is 1. The largest absolute Gasteiger partial charge is 0.508 e. The molecule has 0 heterocycles. The van der Waals surface area contributed by atoms with E-state index in [9.17, 15) is 19.8 Å². The summed E-state index contributed by atoms with van der Waals surface area (Å²) in [5.74, 6) is -1.59. The predicted octanol–water partition coefficient (Wildman–Crippen LogP) is 3.50. The van der Waals surface area contributed by atoms with Crippen molar-refractivity contribution < 1.29 is 19.8 Å². The molecule has 0 fully saturated rings. The normalized spacial score (nSPS) is 10.4. The lowest BCUT2D eigenvalue weighted by Gasteiger charge is -2.10. The Labute approximate surface area is 131 Å². The molecule has 0 radical (unpaired) electrons. The maximum absolute atomic E-state index is 12.4. The fourth-order valence-corrected chi connectivity index (χ4v) is 2.43. The summed E-state index contributed by atoms with van der Waals surface area (Å²) in [4.78, 5) is 23.7. The highest BCUT2D eigenvalue weighted by molar-refractivity contribution is 6.13. The van der Waals surface area contributed by atoms with E-state index in [1.807, 2.05) is 6.07 Å². The molecule has 114 valence electrons. The van der Waals surface area contributed by atoms with Gasteiger partial charge in [-0.15, -0.1) is 0 Å². The van der Waals surface area contributed by atoms with Crippen molar-refractivity contribution in [3.05, 3.63) is 71.8 Å². The first-order valence-corrected chi connectivity index (χ1v) is 6.91. The first-order valence-electron chi connectivity index (χ1n) is 6.91. The average Bonchev–Trinajstić information content (AvgIpc) is 2.55. The third-order valence-corrected chi connectivity index (χ3v) is 3.52. The van der Waals surface area contributed by atoms with E-state index in [1.165, 1.54) is 12.1 Å². The summed E-state index contributed by atoms with van der Waals surface area (Å²) in [6.07, 6.45) is 0. The number of carbonyl (C=O) groups is 2. The van der Waals surface area contributed by atoms with Crippen molar-refractivity contribution in [1.82, 2.24) is 0 Å². The SMILES string of the molecule is O=C(O)c1ccccc1C(=O)Nc1cccc2ccc(O)cc12. The molecule has 0 spiro atoms. The van der Waals surface area contributed by atoms with E-state index in [0.29, 0.717) is 11.1 Å². The molecule has 0 saturated heterocycles. The average molecular weight is 307 g/mol. The molecular weight excluding hydrogens is 294 g/mol. The van der Waals surface area contributed by atoms with E-state index in [4.69, 9.17) is 0 Å². The molecule has 0 unspecified atom stereocenters. The number of hydrogen-bond donors (Lipinski definition) is 3. The maximum Gasteiger partial charge on any atom is 0.336 e. The number of benzene rings is 3. The van der Waals surface area contributed by atoms with Crippen LogP contribution in [0.5, 0.6) is 5.75 Å². The third kappa shape index (κ3) is 2.85. The number of rotatable bonds is 3. The van der Waals surface area contributed by atoms with Gasteiger partial charge in [0.05, 0.1) is 11.1 Å². The number of aromatic carboxylic acids is 1. The van der Waals surface area contributed by atoms with Gasteiger partial charge < -0.3 is 15.5 Å². The number of carboxylic acid groups (broad SMARTS) is 1. The van der Waals surface area contributed by atoms with Gasteiger partial charge in [-0.2, -0.15) is 0 Å². The van der Waals surface area contributed by atoms with Crippen molar-refractivity contribution in [3.8, 4) is 5.75 Å². The monoisotopic (exact) mass is 307 g/mol. The second-order valence-electron chi connectivity index (χ2n) is 5.02. The molecule has 3 aromatic rings. The van der Waals surface area contributed by atoms with Gasteiger partial charge >= 0.3 is 5.97 Å². The molecule has 3 N–H and O–H groups in total. The smallest absolute Gasteiger partial charge is 0.336 e. The summed E-state index contributed by atoms with van der Waals surface area (Å²) in [6, 6.07) is 16.2. The van der Waals surface area contributed by atoms with Crippen LogP contribution in [-0.4, -0.2) is 22.1 Å². The van der Waals surface area contributed by atoms with E-state index in [1.54, 1.807) is 42.5 Å². The van der Waals surface area contributed by atoms with Crippen LogP contribution in [-0.2, 0) is 0 Å². The van der Waals surface area contributed by atoms with E-state index in [0.717, 1.165) is 5.39 Å². The fourth-order valence-electron chi connectivity index (χ4n) is 2.43. The number of fused-ring (bicyclic) bond motifs is 1. The molecule has 3 rings (SSSR count). The first-order chi connectivity index (χ1) is 11.1. The van der Waals surface area contributed by atoms with Gasteiger partial charge in [0.2, 0.25) is 0 Å². The number of carboxylic acids is 1. The zero-order valence-electron chi connectivity index (χ0n) is 12.0. The summed E-state index contributed by atoms with van der Waals surface area (Å²) in [6.45, 7) is 0. The third-order valence-electron chi connectivity index (χ3n) is 3.52. The summed E-state index contributed by atoms with van der Waals surface area (Å²) in [5.41, 5.74) is 0.522. The van der Waals surface area contributed by atoms with Crippen molar-refractivity contribution in [2.45, 2.75) is 0 Å². The van der Waals surface area contributed by atoms with Crippen molar-refractivity contribution >= 4 is 28.3 Å². The number of nitrogens with one attached hydrogen (secondary N) is 1. The standard InChI is InChI=1S/C18H13NO4/c20-12-9-8-11-4-3-7-16(15(11)10-12)19-17(21)13-5-1-2-6-14(13)18(22)23/h1-10,20H,(H,19,21)(H,22,23). The van der Waals surface area contributed by atoms with Crippen LogP contribution in [0.4, 0.5) is 5.69 Å². The molecule has 1 amide bonds. The minimum Gasteiger partial charge on any atom is -0.508 e. The molecule has 3 aromatic carbocycles. The van der Waals surface area contributed by atoms with Crippen LogP contribution in [0.2, 0.25) is 0 Å². The Bertz CT molecular complexity index is 918. The van der Waals surface area contributed by atoms with Gasteiger partial charge in [-0.1, -0.05) is 30.3 Å². The Morgan fingerprint density at radius 1 is 0.870 bits per heavy atom. The highest BCUT2D eigenvalue weighted by Crippen LogP contribution is 2.27. The Balaban J connectivity index is 2.01. The Hall–Kier alpha value is -3.34. The summed E-state index contributed by atoms with van der Waals surface area (Å²) >= 11 is 0. The van der Waals surface area contributed by atoms with E-state index >= 15 is 0 Å². The molecule has 0 aliphatic carbocycles. The zero-order valence-corrected chi connectivity index (χ0v) is 12.0. The molecule has 0 saturated carbocycles. The summed E-state index contributed by atoms with van der Waals surface area (Å²) in [7, 11) is 0. The lowest BCUT2D eigenvalue weighted by Crippen LogP contribution is -2.16. The van der Waals surface area contributed by atoms with Crippen LogP contribution in [0.25, 0.3) is 10.8 Å². The van der Waals surface area contributed by atoms with Crippen molar-refractivity contribution in [1.29, 1.82) is 0 Å². The fraction of sp³-hybridized carbons (Fsp3) is 0. The lowest BCUT2D eigenvalue weighted by molar-refractivity contribution is 0.0692. The molecule has 23 heavy (non-hydrogen) atoms. The van der Waals surface area contributed by atoms with Gasteiger partial charge in [0, 0.05) is 11.1 Å². The second-order valence-corrected chi connectivity index (χ2v) is 5.02. The number of amides is 1. The van der Waals surface area contributed by atoms with Crippen LogP contribution >= 0.6 is 0 Å². The zero-order chi connectivity index (χ0) is 16.4. The number of hydrogen-bond acceptors (Lipinski definition) is 3. The quantitative estimate of drug-likeness (QED) is 0.691. The number of aromatic hydroxyl groups is 1. The van der Waals surface area contributed by atoms with Crippen molar-refractivity contribution in [2.24, 2.45) is 0 Å². The van der Waals surface area contributed by atoms with Gasteiger partial charge in [-0.05, 0) is 35.7 Å². The van der Waals surface area contributed by atoms with Gasteiger partial charge in [-0.3, -0.25) is 4.79 Å². The van der Waals surface area contributed by atoms with Gasteiger partial charge in [0.15, 0.2) is 0 Å². The molecular formula is C18H13NO4. The molecule has 0 aromatic heterocycles. The van der Waals surface area contributed by atoms with Gasteiger partial charge in [-0.25, -0.2) is 4.79 Å². The highest BCUT2D eigenvalue weighted by atomic mass is 16.4. The van der Waals surface area contributed by atoms with Crippen LogP contribution in [0.15, 0.2) is 60.7 Å². The van der Waals surface area contributed by atoms with E-state index < -0.39 is 11.9 Å². The number of phenols is 1. The van der Waals surface area contributed by atoms with Gasteiger partial charge in [0.1, 0.15) is 5.75 Å². The topological polar surface area (TPSA) is 86.6 Å². The predicted molar refractivity (Wildman–Crippen MR) is 87.0 cm³/mol. The molecule has 0 bridgehead atoms. The van der Waals surface area contributed by atoms with Crippen molar-refractivity contribution in [3.63, 3.8) is 0 Å². The van der Waals surface area contributed by atoms with Crippen LogP contribution in [0.1, 0.15) is 20.7 Å². The van der Waals surface area contributed by atoms with Crippen LogP contribution < -0.4 is 5.32 Å².